The van der Waals surface area contributed by atoms with Crippen molar-refractivity contribution < 1.29 is 0 Å². The molecule has 0 amide bonds. The molecule has 0 atom stereocenters. The Morgan fingerprint density at radius 3 is 2.40 bits per heavy atom. The lowest BCUT2D eigenvalue weighted by Gasteiger charge is -2.02. The number of aryl methyl sites for hydroxylation is 3. The number of fused-ring (bicyclic) bond motifs is 1. The number of aromatic nitrogens is 1. The van der Waals surface area contributed by atoms with Crippen LogP contribution < -0.4 is 0 Å². The Morgan fingerprint density at radius 2 is 1.80 bits per heavy atom. The summed E-state index contributed by atoms with van der Waals surface area (Å²) in [6.45, 7) is 10.9. The van der Waals surface area contributed by atoms with Crippen LogP contribution in [0.15, 0.2) is 6.07 Å². The van der Waals surface area contributed by atoms with E-state index in [2.05, 4.69) is 45.7 Å². The highest BCUT2D eigenvalue weighted by molar-refractivity contribution is 7.19. The number of pyridine rings is 1. The van der Waals surface area contributed by atoms with Crippen molar-refractivity contribution in [2.75, 3.05) is 0 Å². The standard InChI is InChI=1S/C13H17NS/c1-7(2)12-6-11-8(3)9(4)14-10(5)13(11)15-12/h6-7H,1-5H3. The van der Waals surface area contributed by atoms with Gasteiger partial charge in [0.05, 0.1) is 10.4 Å². The van der Waals surface area contributed by atoms with Gasteiger partial charge in [0, 0.05) is 10.6 Å². The summed E-state index contributed by atoms with van der Waals surface area (Å²) in [7, 11) is 0. The van der Waals surface area contributed by atoms with Crippen molar-refractivity contribution in [1.29, 1.82) is 0 Å². The topological polar surface area (TPSA) is 12.9 Å². The van der Waals surface area contributed by atoms with Crippen molar-refractivity contribution >= 4 is 21.4 Å². The lowest BCUT2D eigenvalue weighted by molar-refractivity contribution is 0.890. The molecule has 0 fully saturated rings. The third-order valence-corrected chi connectivity index (χ3v) is 4.48. The van der Waals surface area contributed by atoms with Gasteiger partial charge in [-0.2, -0.15) is 0 Å². The van der Waals surface area contributed by atoms with Crippen molar-refractivity contribution in [1.82, 2.24) is 4.98 Å². The van der Waals surface area contributed by atoms with Gasteiger partial charge in [0.25, 0.3) is 0 Å². The first-order valence-electron chi connectivity index (χ1n) is 5.38. The third-order valence-electron chi connectivity index (χ3n) is 2.93. The third kappa shape index (κ3) is 1.67. The van der Waals surface area contributed by atoms with Crippen molar-refractivity contribution in [3.63, 3.8) is 0 Å². The van der Waals surface area contributed by atoms with Crippen LogP contribution in [0.5, 0.6) is 0 Å². The van der Waals surface area contributed by atoms with Gasteiger partial charge in [-0.25, -0.2) is 0 Å². The molecule has 2 rings (SSSR count). The van der Waals surface area contributed by atoms with Crippen LogP contribution in [0.2, 0.25) is 0 Å². The van der Waals surface area contributed by atoms with Crippen LogP contribution in [0.25, 0.3) is 10.1 Å². The minimum atomic E-state index is 0.613. The Hall–Kier alpha value is -0.890. The minimum absolute atomic E-state index is 0.613. The summed E-state index contributed by atoms with van der Waals surface area (Å²) in [5.74, 6) is 0.613. The zero-order chi connectivity index (χ0) is 11.2. The SMILES string of the molecule is Cc1nc(C)c2sc(C(C)C)cc2c1C. The summed E-state index contributed by atoms with van der Waals surface area (Å²) in [4.78, 5) is 6.05. The molecule has 2 heterocycles. The minimum Gasteiger partial charge on any atom is -0.257 e. The van der Waals surface area contributed by atoms with Gasteiger partial charge in [-0.3, -0.25) is 4.98 Å². The lowest BCUT2D eigenvalue weighted by atomic mass is 10.1. The Morgan fingerprint density at radius 1 is 1.13 bits per heavy atom. The van der Waals surface area contributed by atoms with E-state index in [4.69, 9.17) is 0 Å². The quantitative estimate of drug-likeness (QED) is 0.695. The van der Waals surface area contributed by atoms with Crippen LogP contribution in [0.3, 0.4) is 0 Å². The zero-order valence-electron chi connectivity index (χ0n) is 10.0. The number of rotatable bonds is 1. The molecule has 2 aromatic rings. The predicted octanol–water partition coefficient (Wildman–Crippen LogP) is 4.34. The van der Waals surface area contributed by atoms with Crippen molar-refractivity contribution in [3.05, 3.63) is 27.9 Å². The second-order valence-corrected chi connectivity index (χ2v) is 5.54. The van der Waals surface area contributed by atoms with Crippen LogP contribution in [-0.2, 0) is 0 Å². The maximum absolute atomic E-state index is 4.58. The molecule has 0 aliphatic rings. The van der Waals surface area contributed by atoms with E-state index in [0.717, 1.165) is 5.69 Å². The molecule has 0 aromatic carbocycles. The molecule has 0 saturated carbocycles. The molecular formula is C13H17NS. The van der Waals surface area contributed by atoms with Gasteiger partial charge >= 0.3 is 0 Å². The molecule has 0 aliphatic carbocycles. The van der Waals surface area contributed by atoms with Crippen LogP contribution in [-0.4, -0.2) is 4.98 Å². The highest BCUT2D eigenvalue weighted by Crippen LogP contribution is 2.34. The van der Waals surface area contributed by atoms with Gasteiger partial charge in [-0.05, 0) is 43.7 Å². The molecule has 0 unspecified atom stereocenters. The zero-order valence-corrected chi connectivity index (χ0v) is 10.8. The number of hydrogen-bond donors (Lipinski definition) is 0. The summed E-state index contributed by atoms with van der Waals surface area (Å²) >= 11 is 1.89. The Kier molecular flexibility index (Phi) is 2.55. The Labute approximate surface area is 95.2 Å². The monoisotopic (exact) mass is 219 g/mol. The average Bonchev–Trinajstić information content (AvgIpc) is 2.59. The van der Waals surface area contributed by atoms with E-state index in [9.17, 15) is 0 Å². The predicted molar refractivity (Wildman–Crippen MR) is 67.9 cm³/mol. The molecule has 80 valence electrons. The summed E-state index contributed by atoms with van der Waals surface area (Å²) in [6, 6.07) is 2.34. The van der Waals surface area contributed by atoms with Crippen molar-refractivity contribution in [2.24, 2.45) is 0 Å². The van der Waals surface area contributed by atoms with Gasteiger partial charge in [-0.15, -0.1) is 11.3 Å². The van der Waals surface area contributed by atoms with Crippen LogP contribution in [0.4, 0.5) is 0 Å². The van der Waals surface area contributed by atoms with Gasteiger partial charge in [0.2, 0.25) is 0 Å². The molecule has 0 N–H and O–H groups in total. The van der Waals surface area contributed by atoms with Gasteiger partial charge in [-0.1, -0.05) is 13.8 Å². The fourth-order valence-corrected chi connectivity index (χ4v) is 2.99. The summed E-state index contributed by atoms with van der Waals surface area (Å²) in [6.07, 6.45) is 0. The van der Waals surface area contributed by atoms with E-state index in [0.29, 0.717) is 5.92 Å². The van der Waals surface area contributed by atoms with E-state index in [1.54, 1.807) is 0 Å². The number of nitrogens with zero attached hydrogens (tertiary/aromatic N) is 1. The molecular weight excluding hydrogens is 202 g/mol. The smallest absolute Gasteiger partial charge is 0.0561 e. The maximum Gasteiger partial charge on any atom is 0.0561 e. The normalized spacial score (nSPS) is 11.6. The van der Waals surface area contributed by atoms with E-state index in [1.165, 1.54) is 26.2 Å². The molecule has 0 radical (unpaired) electrons. The fraction of sp³-hybridized carbons (Fsp3) is 0.462. The van der Waals surface area contributed by atoms with Gasteiger partial charge in [0.15, 0.2) is 0 Å². The van der Waals surface area contributed by atoms with E-state index < -0.39 is 0 Å². The largest absolute Gasteiger partial charge is 0.257 e. The molecule has 2 heteroatoms. The van der Waals surface area contributed by atoms with Crippen LogP contribution >= 0.6 is 11.3 Å². The van der Waals surface area contributed by atoms with Crippen molar-refractivity contribution in [3.8, 4) is 0 Å². The first-order chi connectivity index (χ1) is 7.00. The highest BCUT2D eigenvalue weighted by atomic mass is 32.1. The molecule has 0 spiro atoms. The summed E-state index contributed by atoms with van der Waals surface area (Å²) < 4.78 is 1.36. The van der Waals surface area contributed by atoms with Crippen LogP contribution in [0.1, 0.15) is 41.6 Å². The molecule has 0 aliphatic heterocycles. The van der Waals surface area contributed by atoms with E-state index in [-0.39, 0.29) is 0 Å². The first-order valence-corrected chi connectivity index (χ1v) is 6.19. The second kappa shape index (κ2) is 3.60. The van der Waals surface area contributed by atoms with Crippen LogP contribution in [0, 0.1) is 20.8 Å². The lowest BCUT2D eigenvalue weighted by Crippen LogP contribution is -1.90. The second-order valence-electron chi connectivity index (χ2n) is 4.45. The van der Waals surface area contributed by atoms with Crippen molar-refractivity contribution in [2.45, 2.75) is 40.5 Å². The van der Waals surface area contributed by atoms with Gasteiger partial charge in [0.1, 0.15) is 0 Å². The highest BCUT2D eigenvalue weighted by Gasteiger charge is 2.11. The first kappa shape index (κ1) is 10.6. The average molecular weight is 219 g/mol. The maximum atomic E-state index is 4.58. The van der Waals surface area contributed by atoms with E-state index in [1.807, 2.05) is 11.3 Å². The molecule has 0 saturated heterocycles. The number of hydrogen-bond acceptors (Lipinski definition) is 2. The van der Waals surface area contributed by atoms with E-state index >= 15 is 0 Å². The molecule has 2 aromatic heterocycles. The molecule has 0 bridgehead atoms. The molecule has 1 nitrogen and oxygen atoms in total. The summed E-state index contributed by atoms with van der Waals surface area (Å²) in [5.41, 5.74) is 3.66. The summed E-state index contributed by atoms with van der Waals surface area (Å²) in [5, 5.41) is 1.40. The Bertz CT molecular complexity index is 509. The fourth-order valence-electron chi connectivity index (χ4n) is 1.82. The molecule has 15 heavy (non-hydrogen) atoms. The Balaban J connectivity index is 2.80. The van der Waals surface area contributed by atoms with Gasteiger partial charge < -0.3 is 0 Å². The number of thiophene rings is 1.